The van der Waals surface area contributed by atoms with E-state index >= 15 is 0 Å². The summed E-state index contributed by atoms with van der Waals surface area (Å²) in [5.41, 5.74) is 2.17. The lowest BCUT2D eigenvalue weighted by Gasteiger charge is -2.21. The SMILES string of the molecule is Cc1nc(OCCOC(C)(C)C)ccc1CNC(C)(C)C. The maximum Gasteiger partial charge on any atom is 0.213 e. The van der Waals surface area contributed by atoms with Gasteiger partial charge in [0.1, 0.15) is 6.61 Å². The van der Waals surface area contributed by atoms with E-state index in [-0.39, 0.29) is 11.1 Å². The van der Waals surface area contributed by atoms with Gasteiger partial charge in [-0.2, -0.15) is 0 Å². The minimum Gasteiger partial charge on any atom is -0.475 e. The second-order valence-corrected chi connectivity index (χ2v) is 7.31. The lowest BCUT2D eigenvalue weighted by Crippen LogP contribution is -2.35. The van der Waals surface area contributed by atoms with Gasteiger partial charge >= 0.3 is 0 Å². The van der Waals surface area contributed by atoms with Crippen LogP contribution in [0.5, 0.6) is 5.88 Å². The molecule has 0 saturated carbocycles. The van der Waals surface area contributed by atoms with Crippen molar-refractivity contribution in [2.45, 2.75) is 66.2 Å². The molecular weight excluding hydrogens is 264 g/mol. The van der Waals surface area contributed by atoms with Gasteiger partial charge < -0.3 is 14.8 Å². The predicted octanol–water partition coefficient (Wildman–Crippen LogP) is 3.47. The smallest absolute Gasteiger partial charge is 0.213 e. The van der Waals surface area contributed by atoms with Gasteiger partial charge in [0.2, 0.25) is 5.88 Å². The number of hydrogen-bond donors (Lipinski definition) is 1. The average molecular weight is 294 g/mol. The molecule has 4 nitrogen and oxygen atoms in total. The van der Waals surface area contributed by atoms with Crippen molar-refractivity contribution in [3.8, 4) is 5.88 Å². The number of nitrogens with zero attached hydrogens (tertiary/aromatic N) is 1. The van der Waals surface area contributed by atoms with Crippen molar-refractivity contribution >= 4 is 0 Å². The van der Waals surface area contributed by atoms with Crippen LogP contribution in [-0.2, 0) is 11.3 Å². The quantitative estimate of drug-likeness (QED) is 0.816. The van der Waals surface area contributed by atoms with Crippen molar-refractivity contribution in [1.29, 1.82) is 0 Å². The molecule has 0 aliphatic carbocycles. The van der Waals surface area contributed by atoms with Crippen molar-refractivity contribution in [3.05, 3.63) is 23.4 Å². The first-order valence-electron chi connectivity index (χ1n) is 7.55. The number of ether oxygens (including phenoxy) is 2. The van der Waals surface area contributed by atoms with Crippen molar-refractivity contribution in [2.24, 2.45) is 0 Å². The van der Waals surface area contributed by atoms with Crippen LogP contribution in [0.2, 0.25) is 0 Å². The molecule has 0 amide bonds. The molecule has 1 heterocycles. The summed E-state index contributed by atoms with van der Waals surface area (Å²) in [6, 6.07) is 3.99. The lowest BCUT2D eigenvalue weighted by atomic mass is 10.1. The molecule has 0 aliphatic heterocycles. The van der Waals surface area contributed by atoms with Crippen LogP contribution in [0.15, 0.2) is 12.1 Å². The lowest BCUT2D eigenvalue weighted by molar-refractivity contribution is -0.0168. The predicted molar refractivity (Wildman–Crippen MR) is 86.8 cm³/mol. The van der Waals surface area contributed by atoms with Crippen LogP contribution in [0, 0.1) is 6.92 Å². The molecule has 1 N–H and O–H groups in total. The van der Waals surface area contributed by atoms with Gasteiger partial charge in [0.15, 0.2) is 0 Å². The largest absolute Gasteiger partial charge is 0.475 e. The molecule has 0 fully saturated rings. The van der Waals surface area contributed by atoms with E-state index < -0.39 is 0 Å². The molecule has 21 heavy (non-hydrogen) atoms. The molecule has 1 aromatic heterocycles. The van der Waals surface area contributed by atoms with E-state index in [9.17, 15) is 0 Å². The highest BCUT2D eigenvalue weighted by atomic mass is 16.5. The molecule has 1 aromatic rings. The van der Waals surface area contributed by atoms with Crippen LogP contribution in [-0.4, -0.2) is 29.3 Å². The Morgan fingerprint density at radius 2 is 1.71 bits per heavy atom. The fourth-order valence-electron chi connectivity index (χ4n) is 1.69. The Kier molecular flexibility index (Phi) is 6.17. The zero-order chi connectivity index (χ0) is 16.1. The average Bonchev–Trinajstić information content (AvgIpc) is 2.31. The zero-order valence-corrected chi connectivity index (χ0v) is 14.5. The van der Waals surface area contributed by atoms with Crippen molar-refractivity contribution < 1.29 is 9.47 Å². The summed E-state index contributed by atoms with van der Waals surface area (Å²) < 4.78 is 11.2. The first kappa shape index (κ1) is 17.9. The van der Waals surface area contributed by atoms with Gasteiger partial charge in [-0.25, -0.2) is 4.98 Å². The summed E-state index contributed by atoms with van der Waals surface area (Å²) in [5, 5.41) is 3.47. The topological polar surface area (TPSA) is 43.4 Å². The van der Waals surface area contributed by atoms with Crippen LogP contribution in [0.4, 0.5) is 0 Å². The zero-order valence-electron chi connectivity index (χ0n) is 14.5. The summed E-state index contributed by atoms with van der Waals surface area (Å²) in [7, 11) is 0. The number of aryl methyl sites for hydroxylation is 1. The van der Waals surface area contributed by atoms with E-state index in [1.54, 1.807) is 0 Å². The number of rotatable bonds is 6. The van der Waals surface area contributed by atoms with E-state index in [0.717, 1.165) is 12.2 Å². The fraction of sp³-hybridized carbons (Fsp3) is 0.706. The van der Waals surface area contributed by atoms with Gasteiger partial charge in [-0.3, -0.25) is 0 Å². The van der Waals surface area contributed by atoms with Crippen LogP contribution in [0.3, 0.4) is 0 Å². The normalized spacial score (nSPS) is 12.5. The summed E-state index contributed by atoms with van der Waals surface area (Å²) in [6.45, 7) is 16.5. The second-order valence-electron chi connectivity index (χ2n) is 7.31. The third-order valence-electron chi connectivity index (χ3n) is 2.85. The molecule has 0 bridgehead atoms. The molecule has 0 aromatic carbocycles. The Labute approximate surface area is 129 Å². The molecule has 1 rings (SSSR count). The number of pyridine rings is 1. The molecule has 0 radical (unpaired) electrons. The summed E-state index contributed by atoms with van der Waals surface area (Å²) >= 11 is 0. The highest BCUT2D eigenvalue weighted by Crippen LogP contribution is 2.14. The van der Waals surface area contributed by atoms with Gasteiger partial charge in [-0.15, -0.1) is 0 Å². The number of nitrogens with one attached hydrogen (secondary N) is 1. The van der Waals surface area contributed by atoms with Gasteiger partial charge in [0.05, 0.1) is 12.2 Å². The van der Waals surface area contributed by atoms with E-state index in [2.05, 4.69) is 37.1 Å². The van der Waals surface area contributed by atoms with Gasteiger partial charge in [-0.05, 0) is 54.0 Å². The molecular formula is C17H30N2O2. The van der Waals surface area contributed by atoms with E-state index in [1.807, 2.05) is 33.8 Å². The maximum absolute atomic E-state index is 5.63. The minimum atomic E-state index is -0.130. The van der Waals surface area contributed by atoms with Crippen molar-refractivity contribution in [3.63, 3.8) is 0 Å². The Hall–Kier alpha value is -1.13. The van der Waals surface area contributed by atoms with Crippen LogP contribution in [0.1, 0.15) is 52.8 Å². The summed E-state index contributed by atoms with van der Waals surface area (Å²) in [4.78, 5) is 4.49. The first-order valence-corrected chi connectivity index (χ1v) is 7.55. The number of aromatic nitrogens is 1. The molecule has 4 heteroatoms. The van der Waals surface area contributed by atoms with E-state index in [1.165, 1.54) is 5.56 Å². The molecule has 0 aliphatic rings. The van der Waals surface area contributed by atoms with Gasteiger partial charge in [0.25, 0.3) is 0 Å². The monoisotopic (exact) mass is 294 g/mol. The van der Waals surface area contributed by atoms with Crippen LogP contribution >= 0.6 is 0 Å². The summed E-state index contributed by atoms with van der Waals surface area (Å²) in [6.07, 6.45) is 0. The van der Waals surface area contributed by atoms with Crippen molar-refractivity contribution in [2.75, 3.05) is 13.2 Å². The standard InChI is InChI=1S/C17H30N2O2/c1-13-14(12-18-16(2,3)4)8-9-15(19-13)20-10-11-21-17(5,6)7/h8-9,18H,10-12H2,1-7H3. The van der Waals surface area contributed by atoms with Crippen LogP contribution < -0.4 is 10.1 Å². The van der Waals surface area contributed by atoms with Crippen LogP contribution in [0.25, 0.3) is 0 Å². The van der Waals surface area contributed by atoms with Gasteiger partial charge in [-0.1, -0.05) is 6.07 Å². The third kappa shape index (κ3) is 8.02. The Morgan fingerprint density at radius 3 is 2.24 bits per heavy atom. The fourth-order valence-corrected chi connectivity index (χ4v) is 1.69. The second kappa shape index (κ2) is 7.23. The minimum absolute atomic E-state index is 0.103. The first-order chi connectivity index (χ1) is 9.57. The summed E-state index contributed by atoms with van der Waals surface area (Å²) in [5.74, 6) is 0.657. The molecule has 0 unspecified atom stereocenters. The van der Waals surface area contributed by atoms with Crippen molar-refractivity contribution in [1.82, 2.24) is 10.3 Å². The Bertz CT molecular complexity index is 445. The molecule has 0 atom stereocenters. The highest BCUT2D eigenvalue weighted by molar-refractivity contribution is 5.25. The molecule has 0 spiro atoms. The molecule has 0 saturated heterocycles. The number of hydrogen-bond acceptors (Lipinski definition) is 4. The molecule has 120 valence electrons. The third-order valence-corrected chi connectivity index (χ3v) is 2.85. The highest BCUT2D eigenvalue weighted by Gasteiger charge is 2.11. The van der Waals surface area contributed by atoms with E-state index in [4.69, 9.17) is 9.47 Å². The Morgan fingerprint density at radius 1 is 1.05 bits per heavy atom. The Balaban J connectivity index is 2.46. The maximum atomic E-state index is 5.63. The van der Waals surface area contributed by atoms with E-state index in [0.29, 0.717) is 19.1 Å². The van der Waals surface area contributed by atoms with Gasteiger partial charge in [0, 0.05) is 23.8 Å².